The number of methoxy groups -OCH3 is 1. The van der Waals surface area contributed by atoms with Crippen LogP contribution in [0.3, 0.4) is 0 Å². The minimum absolute atomic E-state index is 0.334. The number of likely N-dealkylation sites (tertiary alicyclic amines) is 1. The van der Waals surface area contributed by atoms with Crippen molar-refractivity contribution in [2.45, 2.75) is 31.8 Å². The van der Waals surface area contributed by atoms with Gasteiger partial charge in [0.15, 0.2) is 5.60 Å². The lowest BCUT2D eigenvalue weighted by Crippen LogP contribution is -2.50. The van der Waals surface area contributed by atoms with E-state index in [1.165, 1.54) is 20.5 Å². The number of carbonyl (C=O) groups is 1. The molecule has 0 saturated carbocycles. The number of piperidine rings is 1. The van der Waals surface area contributed by atoms with Gasteiger partial charge < -0.3 is 15.6 Å². The fourth-order valence-corrected chi connectivity index (χ4v) is 2.49. The van der Waals surface area contributed by atoms with Crippen LogP contribution < -0.4 is 5.73 Å². The number of nitrogens with two attached hydrogens (primary N) is 1. The Morgan fingerprint density at radius 3 is 2.94 bits per heavy atom. The molecule has 1 saturated heterocycles. The molecule has 2 atom stereocenters. The van der Waals surface area contributed by atoms with Crippen LogP contribution in [-0.4, -0.2) is 54.9 Å². The summed E-state index contributed by atoms with van der Waals surface area (Å²) < 4.78 is 4.60. The molecular weight excluding hydrogens is 220 g/mol. The Bertz CT molecular complexity index is 254. The fourth-order valence-electron chi connectivity index (χ4n) is 2.49. The maximum absolute atomic E-state index is 11.4. The van der Waals surface area contributed by atoms with Gasteiger partial charge in [0.2, 0.25) is 0 Å². The zero-order valence-corrected chi connectivity index (χ0v) is 10.8. The van der Waals surface area contributed by atoms with Crippen molar-refractivity contribution >= 4 is 5.97 Å². The SMILES string of the molecule is COC(=O)C(C)(O)CN1CCCC(CCN)C1. The normalized spacial score (nSPS) is 25.3. The predicted octanol–water partition coefficient (Wildman–Crippen LogP) is -0.0288. The van der Waals surface area contributed by atoms with Gasteiger partial charge in [-0.25, -0.2) is 4.79 Å². The van der Waals surface area contributed by atoms with E-state index in [-0.39, 0.29) is 0 Å². The first-order valence-corrected chi connectivity index (χ1v) is 6.23. The van der Waals surface area contributed by atoms with Crippen LogP contribution in [0, 0.1) is 5.92 Å². The van der Waals surface area contributed by atoms with Crippen molar-refractivity contribution in [1.82, 2.24) is 4.90 Å². The zero-order valence-electron chi connectivity index (χ0n) is 10.8. The Morgan fingerprint density at radius 1 is 1.65 bits per heavy atom. The van der Waals surface area contributed by atoms with Crippen molar-refractivity contribution in [2.75, 3.05) is 33.3 Å². The quantitative estimate of drug-likeness (QED) is 0.664. The molecule has 5 nitrogen and oxygen atoms in total. The Balaban J connectivity index is 2.47. The summed E-state index contributed by atoms with van der Waals surface area (Å²) in [4.78, 5) is 13.5. The molecule has 0 amide bonds. The van der Waals surface area contributed by atoms with Gasteiger partial charge in [0.05, 0.1) is 7.11 Å². The van der Waals surface area contributed by atoms with E-state index >= 15 is 0 Å². The standard InChI is InChI=1S/C12H24N2O3/c1-12(16,11(15)17-2)9-14-7-3-4-10(8-14)5-6-13/h10,16H,3-9,13H2,1-2H3. The molecule has 1 rings (SSSR count). The van der Waals surface area contributed by atoms with Gasteiger partial charge in [0, 0.05) is 13.1 Å². The van der Waals surface area contributed by atoms with Crippen LogP contribution >= 0.6 is 0 Å². The summed E-state index contributed by atoms with van der Waals surface area (Å²) in [7, 11) is 1.30. The van der Waals surface area contributed by atoms with Crippen molar-refractivity contribution in [1.29, 1.82) is 0 Å². The molecule has 0 aromatic carbocycles. The number of carbonyl (C=O) groups excluding carboxylic acids is 1. The monoisotopic (exact) mass is 244 g/mol. The largest absolute Gasteiger partial charge is 0.467 e. The zero-order chi connectivity index (χ0) is 12.9. The molecule has 3 N–H and O–H groups in total. The van der Waals surface area contributed by atoms with Crippen molar-refractivity contribution in [3.8, 4) is 0 Å². The molecule has 0 radical (unpaired) electrons. The van der Waals surface area contributed by atoms with Crippen molar-refractivity contribution in [3.05, 3.63) is 0 Å². The first-order valence-electron chi connectivity index (χ1n) is 6.23. The molecule has 1 aliphatic rings. The van der Waals surface area contributed by atoms with Crippen molar-refractivity contribution in [2.24, 2.45) is 11.7 Å². The number of esters is 1. The van der Waals surface area contributed by atoms with Crippen LogP contribution in [0.25, 0.3) is 0 Å². The van der Waals surface area contributed by atoms with Gasteiger partial charge in [-0.05, 0) is 45.2 Å². The maximum atomic E-state index is 11.4. The molecule has 2 unspecified atom stereocenters. The molecule has 0 aromatic heterocycles. The van der Waals surface area contributed by atoms with Crippen LogP contribution in [0.1, 0.15) is 26.2 Å². The average molecular weight is 244 g/mol. The minimum Gasteiger partial charge on any atom is -0.467 e. The van der Waals surface area contributed by atoms with Gasteiger partial charge in [0.1, 0.15) is 0 Å². The highest BCUT2D eigenvalue weighted by atomic mass is 16.5. The molecule has 0 bridgehead atoms. The highest BCUT2D eigenvalue weighted by Gasteiger charge is 2.35. The lowest BCUT2D eigenvalue weighted by atomic mass is 9.93. The van der Waals surface area contributed by atoms with Gasteiger partial charge in [-0.15, -0.1) is 0 Å². The van der Waals surface area contributed by atoms with Crippen LogP contribution in [0.4, 0.5) is 0 Å². The van der Waals surface area contributed by atoms with Gasteiger partial charge in [0.25, 0.3) is 0 Å². The minimum atomic E-state index is -1.42. The first-order chi connectivity index (χ1) is 7.99. The van der Waals surface area contributed by atoms with Crippen LogP contribution in [0.5, 0.6) is 0 Å². The van der Waals surface area contributed by atoms with E-state index in [1.807, 2.05) is 0 Å². The van der Waals surface area contributed by atoms with Crippen molar-refractivity contribution in [3.63, 3.8) is 0 Å². The second-order valence-corrected chi connectivity index (χ2v) is 5.09. The number of β-amino-alcohol motifs (C(OH)–C–C–N with tert-alkyl or cyclic N) is 1. The third-order valence-corrected chi connectivity index (χ3v) is 3.33. The summed E-state index contributed by atoms with van der Waals surface area (Å²) in [6, 6.07) is 0. The number of aliphatic hydroxyl groups is 1. The summed E-state index contributed by atoms with van der Waals surface area (Å²) >= 11 is 0. The lowest BCUT2D eigenvalue weighted by Gasteiger charge is -2.36. The summed E-state index contributed by atoms with van der Waals surface area (Å²) in [5.41, 5.74) is 4.14. The molecule has 5 heteroatoms. The average Bonchev–Trinajstić information content (AvgIpc) is 2.28. The highest BCUT2D eigenvalue weighted by Crippen LogP contribution is 2.21. The third kappa shape index (κ3) is 4.26. The molecule has 100 valence electrons. The fraction of sp³-hybridized carbons (Fsp3) is 0.917. The third-order valence-electron chi connectivity index (χ3n) is 3.33. The van der Waals surface area contributed by atoms with E-state index < -0.39 is 11.6 Å². The van der Waals surface area contributed by atoms with E-state index in [0.29, 0.717) is 19.0 Å². The number of ether oxygens (including phenoxy) is 1. The highest BCUT2D eigenvalue weighted by molar-refractivity contribution is 5.78. The smallest absolute Gasteiger partial charge is 0.338 e. The number of hydrogen-bond acceptors (Lipinski definition) is 5. The molecule has 1 heterocycles. The van der Waals surface area contributed by atoms with E-state index in [2.05, 4.69) is 9.64 Å². The number of nitrogens with zero attached hydrogens (tertiary/aromatic N) is 1. The summed E-state index contributed by atoms with van der Waals surface area (Å²) in [5.74, 6) is 0.0145. The molecule has 1 aliphatic heterocycles. The molecule has 17 heavy (non-hydrogen) atoms. The Labute approximate surface area is 103 Å². The topological polar surface area (TPSA) is 75.8 Å². The number of rotatable bonds is 5. The van der Waals surface area contributed by atoms with Crippen LogP contribution in [-0.2, 0) is 9.53 Å². The maximum Gasteiger partial charge on any atom is 0.338 e. The first kappa shape index (κ1) is 14.4. The Morgan fingerprint density at radius 2 is 2.35 bits per heavy atom. The van der Waals surface area contributed by atoms with E-state index in [1.54, 1.807) is 0 Å². The summed E-state index contributed by atoms with van der Waals surface area (Å²) in [6.45, 7) is 4.37. The molecule has 0 spiro atoms. The lowest BCUT2D eigenvalue weighted by molar-refractivity contribution is -0.162. The number of hydrogen-bond donors (Lipinski definition) is 2. The Hall–Kier alpha value is -0.650. The molecule has 0 aliphatic carbocycles. The summed E-state index contributed by atoms with van der Waals surface area (Å²) in [6.07, 6.45) is 3.30. The molecule has 1 fully saturated rings. The van der Waals surface area contributed by atoms with Gasteiger partial charge >= 0.3 is 5.97 Å². The van der Waals surface area contributed by atoms with Crippen molar-refractivity contribution < 1.29 is 14.6 Å². The molecular formula is C12H24N2O3. The van der Waals surface area contributed by atoms with Crippen LogP contribution in [0.2, 0.25) is 0 Å². The second-order valence-electron chi connectivity index (χ2n) is 5.09. The molecule has 0 aromatic rings. The second kappa shape index (κ2) is 6.33. The van der Waals surface area contributed by atoms with E-state index in [0.717, 1.165) is 25.9 Å². The predicted molar refractivity (Wildman–Crippen MR) is 65.5 cm³/mol. The van der Waals surface area contributed by atoms with Gasteiger partial charge in [-0.1, -0.05) is 0 Å². The van der Waals surface area contributed by atoms with Gasteiger partial charge in [-0.2, -0.15) is 0 Å². The Kier molecular flexibility index (Phi) is 5.36. The summed E-state index contributed by atoms with van der Waals surface area (Å²) in [5, 5.41) is 10.0. The van der Waals surface area contributed by atoms with E-state index in [4.69, 9.17) is 5.73 Å². The van der Waals surface area contributed by atoms with Gasteiger partial charge in [-0.3, -0.25) is 4.90 Å². The van der Waals surface area contributed by atoms with Crippen LogP contribution in [0.15, 0.2) is 0 Å². The van der Waals surface area contributed by atoms with E-state index in [9.17, 15) is 9.90 Å².